The number of pyridine rings is 2. The second kappa shape index (κ2) is 13.2. The average Bonchev–Trinajstić information content (AvgIpc) is 3.18. The summed E-state index contributed by atoms with van der Waals surface area (Å²) in [6, 6.07) is 43.2. The molecule has 8 rings (SSSR count). The fourth-order valence-corrected chi connectivity index (χ4v) is 7.29. The van der Waals surface area contributed by atoms with Gasteiger partial charge in [0.25, 0.3) is 0 Å². The summed E-state index contributed by atoms with van der Waals surface area (Å²) in [4.78, 5) is 23.2. The van der Waals surface area contributed by atoms with E-state index in [1.54, 1.807) is 38.5 Å². The van der Waals surface area contributed by atoms with Crippen LogP contribution in [0.25, 0.3) is 54.7 Å². The molecule has 2 aromatic heterocycles. The zero-order valence-corrected chi connectivity index (χ0v) is 28.5. The lowest BCUT2D eigenvalue weighted by atomic mass is 9.89. The molecule has 254 valence electrons. The Hall–Kier alpha value is -6.80. The minimum atomic E-state index is -0.957. The first-order valence-corrected chi connectivity index (χ1v) is 16.8. The predicted octanol–water partition coefficient (Wildman–Crippen LogP) is 8.05. The Morgan fingerprint density at radius 2 is 0.846 bits per heavy atom. The molecule has 8 nitrogen and oxygen atoms in total. The second-order valence-corrected chi connectivity index (χ2v) is 12.7. The second-order valence-electron chi connectivity index (χ2n) is 12.7. The van der Waals surface area contributed by atoms with Crippen molar-refractivity contribution in [2.75, 3.05) is 14.2 Å². The number of benzene rings is 6. The van der Waals surface area contributed by atoms with Crippen molar-refractivity contribution in [2.24, 2.45) is 0 Å². The summed E-state index contributed by atoms with van der Waals surface area (Å²) in [6.45, 7) is 1.02. The van der Waals surface area contributed by atoms with Crippen molar-refractivity contribution < 1.29 is 38.4 Å². The lowest BCUT2D eigenvalue weighted by molar-refractivity contribution is -0.636. The SMILES string of the molecule is COc1ccc2c(-c3c4ccccc4[n+](Cc4ccc(C(=O)O)cc4)c4cc(OC)ccc34)c3ccccc3[n+](Cc3ccc(C(=O)O)cc3)c2c1. The smallest absolute Gasteiger partial charge is 0.335 e. The third-order valence-electron chi connectivity index (χ3n) is 9.79. The van der Waals surface area contributed by atoms with Gasteiger partial charge in [-0.3, -0.25) is 0 Å². The number of carboxylic acids is 2. The highest BCUT2D eigenvalue weighted by atomic mass is 16.5. The molecule has 0 spiro atoms. The molecule has 8 aromatic rings. The minimum absolute atomic E-state index is 0.245. The highest BCUT2D eigenvalue weighted by Crippen LogP contribution is 2.42. The molecule has 0 aliphatic rings. The van der Waals surface area contributed by atoms with Crippen LogP contribution in [0.1, 0.15) is 31.8 Å². The van der Waals surface area contributed by atoms with Crippen molar-refractivity contribution in [1.82, 2.24) is 0 Å². The van der Waals surface area contributed by atoms with Crippen LogP contribution in [0.2, 0.25) is 0 Å². The monoisotopic (exact) mass is 686 g/mol. The predicted molar refractivity (Wildman–Crippen MR) is 200 cm³/mol. The highest BCUT2D eigenvalue weighted by Gasteiger charge is 2.28. The van der Waals surface area contributed by atoms with Crippen LogP contribution < -0.4 is 18.6 Å². The number of aromatic carboxylic acids is 2. The van der Waals surface area contributed by atoms with Crippen molar-refractivity contribution in [3.63, 3.8) is 0 Å². The van der Waals surface area contributed by atoms with Crippen LogP contribution in [0, 0.1) is 0 Å². The van der Waals surface area contributed by atoms with Crippen LogP contribution in [-0.4, -0.2) is 36.4 Å². The van der Waals surface area contributed by atoms with E-state index in [9.17, 15) is 19.8 Å². The van der Waals surface area contributed by atoms with Crippen molar-refractivity contribution in [2.45, 2.75) is 13.1 Å². The number of ether oxygens (including phenoxy) is 2. The van der Waals surface area contributed by atoms with Gasteiger partial charge in [0.15, 0.2) is 13.1 Å². The number of aromatic nitrogens is 2. The first-order chi connectivity index (χ1) is 25.3. The Bertz CT molecular complexity index is 2520. The van der Waals surface area contributed by atoms with Gasteiger partial charge in [-0.1, -0.05) is 48.5 Å². The van der Waals surface area contributed by atoms with Gasteiger partial charge in [0, 0.05) is 34.4 Å². The Balaban J connectivity index is 1.45. The molecule has 0 saturated carbocycles. The van der Waals surface area contributed by atoms with Gasteiger partial charge >= 0.3 is 11.9 Å². The molecule has 0 amide bonds. The molecule has 0 bridgehead atoms. The number of carboxylic acid groups (broad SMARTS) is 2. The lowest BCUT2D eigenvalue weighted by Gasteiger charge is -2.17. The maximum Gasteiger partial charge on any atom is 0.335 e. The van der Waals surface area contributed by atoms with E-state index in [1.165, 1.54) is 0 Å². The van der Waals surface area contributed by atoms with Gasteiger partial charge in [0.2, 0.25) is 22.1 Å². The number of methoxy groups -OCH3 is 2. The molecule has 0 radical (unpaired) electrons. The first kappa shape index (κ1) is 32.4. The summed E-state index contributed by atoms with van der Waals surface area (Å²) in [7, 11) is 3.33. The van der Waals surface area contributed by atoms with Crippen LogP contribution in [0.15, 0.2) is 133 Å². The maximum atomic E-state index is 11.6. The third kappa shape index (κ3) is 5.60. The van der Waals surface area contributed by atoms with E-state index in [1.807, 2.05) is 48.5 Å². The van der Waals surface area contributed by atoms with Crippen LogP contribution in [0.3, 0.4) is 0 Å². The van der Waals surface area contributed by atoms with E-state index >= 15 is 0 Å². The number of hydrogen-bond donors (Lipinski definition) is 2. The number of fused-ring (bicyclic) bond motifs is 4. The quantitative estimate of drug-likeness (QED) is 0.118. The maximum absolute atomic E-state index is 11.6. The average molecular weight is 687 g/mol. The van der Waals surface area contributed by atoms with Crippen LogP contribution in [0.4, 0.5) is 0 Å². The van der Waals surface area contributed by atoms with E-state index in [4.69, 9.17) is 9.47 Å². The van der Waals surface area contributed by atoms with Gasteiger partial charge in [0.1, 0.15) is 11.5 Å². The van der Waals surface area contributed by atoms with Crippen LogP contribution >= 0.6 is 0 Å². The molecular formula is C44H34N2O6+2. The number of nitrogens with zero attached hydrogens (tertiary/aromatic N) is 2. The third-order valence-corrected chi connectivity index (χ3v) is 9.79. The van der Waals surface area contributed by atoms with E-state index in [0.717, 1.165) is 77.4 Å². The Morgan fingerprint density at radius 3 is 1.21 bits per heavy atom. The van der Waals surface area contributed by atoms with Crippen LogP contribution in [0.5, 0.6) is 11.5 Å². The molecule has 2 heterocycles. The number of para-hydroxylation sites is 2. The standard InChI is InChI=1S/C44H32N2O6/c1-51-31-19-21-35-39(23-31)45(25-27-11-15-29(16-12-27)43(47)48)37-9-5-3-7-33(37)41(35)42-34-8-4-6-10-38(34)46(40-24-32(52-2)20-22-36(40)42)26-28-13-17-30(18-14-28)44(49)50/h3-24H,25-26H2,1-2H3/p+2. The topological polar surface area (TPSA) is 101 Å². The normalized spacial score (nSPS) is 11.3. The summed E-state index contributed by atoms with van der Waals surface area (Å²) in [5.41, 5.74) is 8.55. The molecule has 0 unspecified atom stereocenters. The van der Waals surface area contributed by atoms with Crippen LogP contribution in [-0.2, 0) is 13.1 Å². The minimum Gasteiger partial charge on any atom is -0.497 e. The molecule has 6 aromatic carbocycles. The molecule has 0 atom stereocenters. The largest absolute Gasteiger partial charge is 0.497 e. The molecule has 2 N–H and O–H groups in total. The fraction of sp³-hybridized carbons (Fsp3) is 0.0909. The Morgan fingerprint density at radius 1 is 0.481 bits per heavy atom. The first-order valence-electron chi connectivity index (χ1n) is 16.8. The summed E-state index contributed by atoms with van der Waals surface area (Å²) >= 11 is 0. The van der Waals surface area contributed by atoms with Crippen molar-refractivity contribution in [1.29, 1.82) is 0 Å². The molecular weight excluding hydrogens is 652 g/mol. The van der Waals surface area contributed by atoms with Crippen molar-refractivity contribution in [3.05, 3.63) is 156 Å². The molecule has 8 heteroatoms. The molecule has 0 aliphatic heterocycles. The van der Waals surface area contributed by atoms with Gasteiger partial charge in [-0.2, -0.15) is 9.13 Å². The lowest BCUT2D eigenvalue weighted by Crippen LogP contribution is -2.37. The van der Waals surface area contributed by atoms with E-state index in [2.05, 4.69) is 69.8 Å². The van der Waals surface area contributed by atoms with Gasteiger partial charge in [0.05, 0.1) is 59.0 Å². The summed E-state index contributed by atoms with van der Waals surface area (Å²) in [5.74, 6) is -0.464. The molecule has 0 aliphatic carbocycles. The Kier molecular flexibility index (Phi) is 8.20. The van der Waals surface area contributed by atoms with Gasteiger partial charge in [-0.15, -0.1) is 0 Å². The zero-order chi connectivity index (χ0) is 35.9. The van der Waals surface area contributed by atoms with Gasteiger partial charge < -0.3 is 19.7 Å². The van der Waals surface area contributed by atoms with Gasteiger partial charge in [-0.25, -0.2) is 9.59 Å². The summed E-state index contributed by atoms with van der Waals surface area (Å²) < 4.78 is 16.1. The van der Waals surface area contributed by atoms with E-state index < -0.39 is 11.9 Å². The molecule has 52 heavy (non-hydrogen) atoms. The zero-order valence-electron chi connectivity index (χ0n) is 28.5. The summed E-state index contributed by atoms with van der Waals surface area (Å²) in [5, 5.41) is 23.2. The highest BCUT2D eigenvalue weighted by molar-refractivity contribution is 6.19. The van der Waals surface area contributed by atoms with E-state index in [0.29, 0.717) is 13.1 Å². The number of carbonyl (C=O) groups is 2. The summed E-state index contributed by atoms with van der Waals surface area (Å²) in [6.07, 6.45) is 0. The van der Waals surface area contributed by atoms with Gasteiger partial charge in [-0.05, 0) is 60.7 Å². The van der Waals surface area contributed by atoms with Crippen molar-refractivity contribution in [3.8, 4) is 22.6 Å². The van der Waals surface area contributed by atoms with E-state index in [-0.39, 0.29) is 11.1 Å². The molecule has 0 fully saturated rings. The number of hydrogen-bond acceptors (Lipinski definition) is 4. The number of rotatable bonds is 9. The fourth-order valence-electron chi connectivity index (χ4n) is 7.29. The van der Waals surface area contributed by atoms with Crippen molar-refractivity contribution >= 4 is 55.6 Å². The molecule has 0 saturated heterocycles. The Labute approximate surface area is 299 Å².